The van der Waals surface area contributed by atoms with Gasteiger partial charge in [-0.25, -0.2) is 4.68 Å². The summed E-state index contributed by atoms with van der Waals surface area (Å²) in [6.45, 7) is 1.83. The van der Waals surface area contributed by atoms with Crippen LogP contribution in [0.2, 0.25) is 0 Å². The van der Waals surface area contributed by atoms with Crippen LogP contribution in [0.4, 0.5) is 11.6 Å². The first kappa shape index (κ1) is 21.3. The van der Waals surface area contributed by atoms with E-state index in [4.69, 9.17) is 13.9 Å². The number of fused-ring (bicyclic) bond motifs is 1. The molecule has 34 heavy (non-hydrogen) atoms. The van der Waals surface area contributed by atoms with Gasteiger partial charge in [0.05, 0.1) is 37.9 Å². The van der Waals surface area contributed by atoms with Crippen LogP contribution in [0, 0.1) is 0 Å². The average molecular weight is 458 g/mol. The monoisotopic (exact) mass is 458 g/mol. The van der Waals surface area contributed by atoms with Crippen LogP contribution in [0.15, 0.2) is 76.8 Å². The highest BCUT2D eigenvalue weighted by atomic mass is 16.5. The molecular formula is C24H22N6O4. The van der Waals surface area contributed by atoms with Crippen molar-refractivity contribution in [3.8, 4) is 23.1 Å². The minimum atomic E-state index is -0.594. The largest absolute Gasteiger partial charge is 0.493 e. The summed E-state index contributed by atoms with van der Waals surface area (Å²) < 4.78 is 18.1. The van der Waals surface area contributed by atoms with Gasteiger partial charge >= 0.3 is 0 Å². The number of carbonyl (C=O) groups excluding carboxylic acids is 1. The van der Waals surface area contributed by atoms with Gasteiger partial charge < -0.3 is 24.5 Å². The van der Waals surface area contributed by atoms with E-state index in [0.717, 1.165) is 5.56 Å². The van der Waals surface area contributed by atoms with Crippen molar-refractivity contribution in [1.29, 1.82) is 0 Å². The molecule has 0 fully saturated rings. The summed E-state index contributed by atoms with van der Waals surface area (Å²) >= 11 is 0. The summed E-state index contributed by atoms with van der Waals surface area (Å²) in [5.41, 5.74) is 2.47. The summed E-state index contributed by atoms with van der Waals surface area (Å²) in [5.74, 6) is 2.24. The fraction of sp³-hybridized carbons (Fsp3) is 0.167. The van der Waals surface area contributed by atoms with Crippen LogP contribution in [0.3, 0.4) is 0 Å². The summed E-state index contributed by atoms with van der Waals surface area (Å²) in [4.78, 5) is 22.2. The Morgan fingerprint density at radius 3 is 2.71 bits per heavy atom. The van der Waals surface area contributed by atoms with E-state index in [1.54, 1.807) is 67.9 Å². The zero-order chi connectivity index (χ0) is 23.7. The lowest BCUT2D eigenvalue weighted by molar-refractivity contribution is -0.113. The van der Waals surface area contributed by atoms with Gasteiger partial charge in [0.1, 0.15) is 6.04 Å². The molecule has 1 aliphatic heterocycles. The number of benzene rings is 1. The number of pyridine rings is 1. The zero-order valence-electron chi connectivity index (χ0n) is 18.8. The van der Waals surface area contributed by atoms with Crippen molar-refractivity contribution in [3.05, 3.63) is 78.0 Å². The number of methoxy groups -OCH3 is 2. The lowest BCUT2D eigenvalue weighted by atomic mass is 9.94. The first-order chi connectivity index (χ1) is 16.6. The SMILES string of the molecule is COc1ccc(C2C(C(=O)Nc3cccnc3)=C(C)Nc3nc(-c4ccco4)nn32)cc1OC. The summed E-state index contributed by atoms with van der Waals surface area (Å²) in [6, 6.07) is 12.0. The molecule has 5 rings (SSSR count). The van der Waals surface area contributed by atoms with Crippen LogP contribution in [-0.2, 0) is 4.79 Å². The van der Waals surface area contributed by atoms with Gasteiger partial charge in [-0.05, 0) is 48.9 Å². The molecule has 10 nitrogen and oxygen atoms in total. The second-order valence-electron chi connectivity index (χ2n) is 7.56. The Hall–Kier alpha value is -4.60. The molecule has 0 radical (unpaired) electrons. The Balaban J connectivity index is 1.63. The maximum absolute atomic E-state index is 13.5. The second kappa shape index (κ2) is 8.74. The van der Waals surface area contributed by atoms with Gasteiger partial charge in [-0.15, -0.1) is 5.10 Å². The molecule has 1 atom stereocenters. The Morgan fingerprint density at radius 2 is 2.00 bits per heavy atom. The van der Waals surface area contributed by atoms with Gasteiger partial charge in [-0.3, -0.25) is 9.78 Å². The van der Waals surface area contributed by atoms with Crippen LogP contribution < -0.4 is 20.1 Å². The van der Waals surface area contributed by atoms with E-state index in [-0.39, 0.29) is 5.91 Å². The molecule has 1 aliphatic rings. The van der Waals surface area contributed by atoms with E-state index in [0.29, 0.717) is 46.0 Å². The number of hydrogen-bond acceptors (Lipinski definition) is 8. The number of amides is 1. The van der Waals surface area contributed by atoms with Crippen molar-refractivity contribution in [2.75, 3.05) is 24.9 Å². The van der Waals surface area contributed by atoms with Crippen molar-refractivity contribution in [2.45, 2.75) is 13.0 Å². The minimum absolute atomic E-state index is 0.293. The van der Waals surface area contributed by atoms with E-state index in [2.05, 4.69) is 25.7 Å². The number of nitrogens with one attached hydrogen (secondary N) is 2. The molecule has 172 valence electrons. The Labute approximate surface area is 195 Å². The maximum Gasteiger partial charge on any atom is 0.255 e. The van der Waals surface area contributed by atoms with E-state index < -0.39 is 6.04 Å². The minimum Gasteiger partial charge on any atom is -0.493 e. The molecule has 0 bridgehead atoms. The first-order valence-electron chi connectivity index (χ1n) is 10.5. The highest BCUT2D eigenvalue weighted by Crippen LogP contribution is 2.39. The van der Waals surface area contributed by atoms with E-state index in [1.807, 2.05) is 19.1 Å². The highest BCUT2D eigenvalue weighted by Gasteiger charge is 2.35. The van der Waals surface area contributed by atoms with E-state index in [9.17, 15) is 4.79 Å². The molecule has 4 aromatic rings. The molecule has 2 N–H and O–H groups in total. The molecule has 3 aromatic heterocycles. The number of ether oxygens (including phenoxy) is 2. The number of hydrogen-bond donors (Lipinski definition) is 2. The predicted molar refractivity (Wildman–Crippen MR) is 125 cm³/mol. The number of nitrogens with zero attached hydrogens (tertiary/aromatic N) is 4. The molecule has 4 heterocycles. The molecule has 10 heteroatoms. The molecule has 0 aliphatic carbocycles. The van der Waals surface area contributed by atoms with Gasteiger partial charge in [-0.1, -0.05) is 6.07 Å². The van der Waals surface area contributed by atoms with E-state index in [1.165, 1.54) is 0 Å². The maximum atomic E-state index is 13.5. The fourth-order valence-corrected chi connectivity index (χ4v) is 3.92. The highest BCUT2D eigenvalue weighted by molar-refractivity contribution is 6.06. The number of furan rings is 1. The molecule has 1 amide bonds. The predicted octanol–water partition coefficient (Wildman–Crippen LogP) is 3.88. The van der Waals surface area contributed by atoms with Crippen LogP contribution in [0.25, 0.3) is 11.6 Å². The lowest BCUT2D eigenvalue weighted by Gasteiger charge is -2.29. The topological polar surface area (TPSA) is 116 Å². The van der Waals surface area contributed by atoms with Crippen molar-refractivity contribution in [2.24, 2.45) is 0 Å². The molecular weight excluding hydrogens is 436 g/mol. The van der Waals surface area contributed by atoms with E-state index >= 15 is 0 Å². The number of carbonyl (C=O) groups is 1. The van der Waals surface area contributed by atoms with Crippen molar-refractivity contribution in [1.82, 2.24) is 19.7 Å². The van der Waals surface area contributed by atoms with Gasteiger partial charge in [0.15, 0.2) is 17.3 Å². The number of aromatic nitrogens is 4. The van der Waals surface area contributed by atoms with Gasteiger partial charge in [-0.2, -0.15) is 4.98 Å². The summed E-state index contributed by atoms with van der Waals surface area (Å²) in [6.07, 6.45) is 4.79. The van der Waals surface area contributed by atoms with Crippen LogP contribution in [-0.4, -0.2) is 39.9 Å². The van der Waals surface area contributed by atoms with Crippen molar-refractivity contribution < 1.29 is 18.7 Å². The Kier molecular flexibility index (Phi) is 5.46. The number of rotatable bonds is 6. The van der Waals surface area contributed by atoms with Gasteiger partial charge in [0.25, 0.3) is 5.91 Å². The smallest absolute Gasteiger partial charge is 0.255 e. The number of allylic oxidation sites excluding steroid dienone is 1. The fourth-order valence-electron chi connectivity index (χ4n) is 3.92. The van der Waals surface area contributed by atoms with Crippen molar-refractivity contribution >= 4 is 17.5 Å². The summed E-state index contributed by atoms with van der Waals surface area (Å²) in [5, 5.41) is 10.8. The van der Waals surface area contributed by atoms with Gasteiger partial charge in [0.2, 0.25) is 11.8 Å². The molecule has 0 saturated heterocycles. The third-order valence-electron chi connectivity index (χ3n) is 5.48. The normalized spacial score (nSPS) is 14.9. The van der Waals surface area contributed by atoms with Crippen molar-refractivity contribution in [3.63, 3.8) is 0 Å². The Morgan fingerprint density at radius 1 is 1.15 bits per heavy atom. The Bertz CT molecular complexity index is 1360. The average Bonchev–Trinajstić information content (AvgIpc) is 3.53. The van der Waals surface area contributed by atoms with Crippen LogP contribution >= 0.6 is 0 Å². The molecule has 0 saturated carbocycles. The third kappa shape index (κ3) is 3.75. The third-order valence-corrected chi connectivity index (χ3v) is 5.48. The first-order valence-corrected chi connectivity index (χ1v) is 10.5. The quantitative estimate of drug-likeness (QED) is 0.447. The number of anilines is 2. The lowest BCUT2D eigenvalue weighted by Crippen LogP contribution is -2.31. The standard InChI is InChI=1S/C24H22N6O4/c1-14-20(23(31)27-16-6-4-10-25-13-16)21(15-8-9-17(32-2)19(12-15)33-3)30-24(26-14)28-22(29-30)18-7-5-11-34-18/h4-13,21H,1-3H3,(H,27,31)(H,26,28,29). The molecule has 0 spiro atoms. The van der Waals surface area contributed by atoms with Gasteiger partial charge in [0, 0.05) is 11.9 Å². The molecule has 1 unspecified atom stereocenters. The zero-order valence-corrected chi connectivity index (χ0v) is 18.8. The van der Waals surface area contributed by atoms with Crippen LogP contribution in [0.5, 0.6) is 11.5 Å². The second-order valence-corrected chi connectivity index (χ2v) is 7.56. The molecule has 1 aromatic carbocycles. The summed E-state index contributed by atoms with van der Waals surface area (Å²) in [7, 11) is 3.14. The van der Waals surface area contributed by atoms with Crippen LogP contribution in [0.1, 0.15) is 18.5 Å².